The first kappa shape index (κ1) is 80.5. The van der Waals surface area contributed by atoms with Gasteiger partial charge in [0.2, 0.25) is 33.7 Å². The molecule has 0 fully saturated rings. The van der Waals surface area contributed by atoms with Gasteiger partial charge >= 0.3 is 177 Å². The number of nitrogens with zero attached hydrogens (tertiary/aromatic N) is 10. The van der Waals surface area contributed by atoms with Crippen LogP contribution >= 0.6 is 23.2 Å². The minimum atomic E-state index is -5.36. The van der Waals surface area contributed by atoms with E-state index in [0.717, 1.165) is 48.5 Å². The van der Waals surface area contributed by atoms with Gasteiger partial charge in [-0.15, -0.1) is 10.2 Å². The first-order valence-corrected chi connectivity index (χ1v) is 28.8. The van der Waals surface area contributed by atoms with Gasteiger partial charge in [0.25, 0.3) is 20.2 Å². The number of hydrogen-bond donors (Lipinski definition) is 6. The Labute approximate surface area is 648 Å². The molecule has 430 valence electrons. The van der Waals surface area contributed by atoms with Crippen LogP contribution in [0.5, 0.6) is 11.5 Å². The SMILES string of the molecule is O=C([O-])c1ccc(N=Nc2c(S(=O)(=O)O)cc3cc(S(=O)(=O)[O-])cc(N=c4nc(Nc5ccc(Nc6nc(Cl)[nH]c(=Nc7cc(S(=O)(=O)[O-])cc8cc(S(=O)(=O)O)c(N=Nc9ccc(C(=O)[O-])cc9)c([O-])c78)n6)cc5)nc(Cl)[nH]4)c3c2[O-])cc1.[Na+].[Na+].[Na+].[Na+].[Na+].[Na+]. The van der Waals surface area contributed by atoms with E-state index in [4.69, 9.17) is 23.2 Å². The number of aromatic carboxylic acids is 2. The van der Waals surface area contributed by atoms with Crippen molar-refractivity contribution in [3.8, 4) is 11.5 Å². The van der Waals surface area contributed by atoms with Crippen LogP contribution in [0.2, 0.25) is 10.6 Å². The van der Waals surface area contributed by atoms with Crippen LogP contribution in [-0.4, -0.2) is 93.7 Å². The zero-order valence-electron chi connectivity index (χ0n) is 46.7. The van der Waals surface area contributed by atoms with E-state index in [9.17, 15) is 81.9 Å². The monoisotopic (exact) mass is 1400 g/mol. The van der Waals surface area contributed by atoms with Gasteiger partial charge in [0.15, 0.2) is 0 Å². The van der Waals surface area contributed by atoms with Crippen LogP contribution in [-0.2, 0) is 40.5 Å². The summed E-state index contributed by atoms with van der Waals surface area (Å²) in [6.45, 7) is 0. The van der Waals surface area contributed by atoms with Crippen molar-refractivity contribution >= 4 is 155 Å². The topological polar surface area (TPSA) is 531 Å². The number of fused-ring (bicyclic) bond motifs is 2. The normalized spacial score (nSPS) is 12.0. The fourth-order valence-corrected chi connectivity index (χ4v) is 10.2. The zero-order valence-corrected chi connectivity index (χ0v) is 63.5. The van der Waals surface area contributed by atoms with Crippen molar-refractivity contribution < 1.29 is 259 Å². The Morgan fingerprint density at radius 3 is 1.09 bits per heavy atom. The third-order valence-corrected chi connectivity index (χ3v) is 14.9. The largest absolute Gasteiger partial charge is 1.00 e. The Bertz CT molecular complexity index is 4680. The minimum absolute atomic E-state index is 0. The maximum absolute atomic E-state index is 14.1. The third-order valence-electron chi connectivity index (χ3n) is 11.1. The average molecular weight is 1400 g/mol. The predicted octanol–water partition coefficient (Wildman–Crippen LogP) is -14.5. The first-order chi connectivity index (χ1) is 39.4. The molecule has 7 aromatic carbocycles. The molecule has 0 saturated heterocycles. The van der Waals surface area contributed by atoms with Crippen LogP contribution in [0.15, 0.2) is 159 Å². The Kier molecular flexibility index (Phi) is 29.1. The molecule has 2 aromatic heterocycles. The van der Waals surface area contributed by atoms with Gasteiger partial charge < -0.3 is 49.8 Å². The van der Waals surface area contributed by atoms with E-state index in [1.807, 2.05) is 0 Å². The van der Waals surface area contributed by atoms with Gasteiger partial charge in [-0.1, -0.05) is 35.8 Å². The number of H-pyrrole nitrogens is 2. The van der Waals surface area contributed by atoms with Crippen molar-refractivity contribution in [1.29, 1.82) is 0 Å². The summed E-state index contributed by atoms with van der Waals surface area (Å²) in [5, 5.41) is 68.0. The summed E-state index contributed by atoms with van der Waals surface area (Å²) in [5.41, 5.74) is -4.52. The minimum Gasteiger partial charge on any atom is -0.870 e. The fraction of sp³-hybridized carbons (Fsp3) is 0. The summed E-state index contributed by atoms with van der Waals surface area (Å²) in [6, 6.07) is 18.4. The number of hydrogen-bond acceptors (Lipinski definition) is 28. The van der Waals surface area contributed by atoms with Gasteiger partial charge in [-0.25, -0.2) is 26.8 Å². The molecule has 0 spiro atoms. The summed E-state index contributed by atoms with van der Waals surface area (Å²) >= 11 is 12.5. The number of carbonyl (C=O) groups is 2. The Morgan fingerprint density at radius 1 is 0.478 bits per heavy atom. The fourth-order valence-electron chi connectivity index (χ4n) is 7.51. The van der Waals surface area contributed by atoms with Crippen molar-refractivity contribution in [1.82, 2.24) is 29.9 Å². The number of aromatic nitrogens is 6. The van der Waals surface area contributed by atoms with Crippen LogP contribution in [0.3, 0.4) is 0 Å². The molecule has 0 aliphatic heterocycles. The van der Waals surface area contributed by atoms with E-state index in [-0.39, 0.29) is 223 Å². The predicted molar refractivity (Wildman–Crippen MR) is 278 cm³/mol. The van der Waals surface area contributed by atoms with Crippen molar-refractivity contribution in [2.75, 3.05) is 10.6 Å². The van der Waals surface area contributed by atoms with Gasteiger partial charge in [0, 0.05) is 22.1 Å². The van der Waals surface area contributed by atoms with E-state index in [2.05, 4.69) is 71.0 Å². The molecular formula is C46H24Cl2N14Na6O18S4. The number of aromatic amines is 2. The number of carboxylic acids is 2. The van der Waals surface area contributed by atoms with Crippen molar-refractivity contribution in [3.63, 3.8) is 0 Å². The van der Waals surface area contributed by atoms with Crippen molar-refractivity contribution in [2.24, 2.45) is 30.4 Å². The first-order valence-electron chi connectivity index (χ1n) is 22.4. The van der Waals surface area contributed by atoms with Gasteiger partial charge in [0.1, 0.15) is 30.0 Å². The van der Waals surface area contributed by atoms with Crippen LogP contribution in [0.4, 0.5) is 57.4 Å². The molecule has 0 amide bonds. The number of carboxylic acid groups (broad SMARTS) is 2. The number of benzene rings is 7. The van der Waals surface area contributed by atoms with E-state index in [1.54, 1.807) is 0 Å². The van der Waals surface area contributed by atoms with Crippen molar-refractivity contribution in [3.05, 3.63) is 142 Å². The van der Waals surface area contributed by atoms with E-state index in [1.165, 1.54) is 24.3 Å². The van der Waals surface area contributed by atoms with E-state index >= 15 is 0 Å². The Balaban J connectivity index is 0.00000353. The molecule has 2 heterocycles. The zero-order chi connectivity index (χ0) is 60.8. The molecule has 32 nitrogen and oxygen atoms in total. The molecule has 0 bridgehead atoms. The number of anilines is 4. The maximum atomic E-state index is 14.1. The second-order valence-corrected chi connectivity index (χ2v) is 23.0. The molecule has 0 unspecified atom stereocenters. The Morgan fingerprint density at radius 2 is 0.800 bits per heavy atom. The van der Waals surface area contributed by atoms with Crippen LogP contribution in [0.25, 0.3) is 21.5 Å². The van der Waals surface area contributed by atoms with Crippen LogP contribution in [0, 0.1) is 0 Å². The standard InChI is InChI=1S/C46H30Cl2N14O18S4.6Na/c47-41-53-43(57-45(55-41)51-29-17-27(81(69,70)71)13-21-15-31(83(75,76)77)35(37(63)33(21)29)61-59-25-5-1-19(2-6-25)39(65)66)49-23-9-11-24(12-10-23)50-44-54-42(48)56-46(58-44)52-30-18-28(82(72,73)74)14-22-16-32(84(78,79)80)36(38(64)34(22)30)62-60-26-7-3-20(4-8-26)40(67)68;;;;;;/h1-18,63-64H,(H,65,66)(H,67,68)(H,69,70,71)(H,72,73,74)(H,75,76,77)(H,78,79,80)(H2,49,51,53,55,57)(H2,50,52,54,56,58);;;;;;/q;6*+1/p-6. The molecule has 0 aliphatic rings. The van der Waals surface area contributed by atoms with Gasteiger partial charge in [0.05, 0.1) is 55.9 Å². The third kappa shape index (κ3) is 19.7. The molecular weight excluding hydrogens is 1370 g/mol. The second-order valence-electron chi connectivity index (χ2n) is 16.7. The quantitative estimate of drug-likeness (QED) is 0.0297. The molecule has 44 heteroatoms. The molecule has 9 rings (SSSR count). The summed E-state index contributed by atoms with van der Waals surface area (Å²) in [4.78, 5) is 47.7. The number of azo groups is 2. The summed E-state index contributed by atoms with van der Waals surface area (Å²) in [6.07, 6.45) is 0. The maximum Gasteiger partial charge on any atom is 1.00 e. The molecule has 0 atom stereocenters. The smallest absolute Gasteiger partial charge is 0.870 e. The Hall–Kier alpha value is -3.76. The summed E-state index contributed by atoms with van der Waals surface area (Å²) < 4.78 is 144. The molecule has 0 aliphatic carbocycles. The summed E-state index contributed by atoms with van der Waals surface area (Å²) in [7, 11) is -21.4. The number of rotatable bonds is 16. The van der Waals surface area contributed by atoms with Gasteiger partial charge in [-0.3, -0.25) is 19.1 Å². The summed E-state index contributed by atoms with van der Waals surface area (Å²) in [5.74, 6) is -6.29. The van der Waals surface area contributed by atoms with E-state index < -0.39 is 150 Å². The molecule has 90 heavy (non-hydrogen) atoms. The molecule has 0 radical (unpaired) electrons. The number of nitrogens with one attached hydrogen (secondary N) is 4. The van der Waals surface area contributed by atoms with Gasteiger partial charge in [-0.2, -0.15) is 47.0 Å². The van der Waals surface area contributed by atoms with Crippen molar-refractivity contribution in [2.45, 2.75) is 19.6 Å². The number of carbonyl (C=O) groups excluding carboxylic acids is 2. The van der Waals surface area contributed by atoms with Crippen LogP contribution in [0.1, 0.15) is 20.7 Å². The average Bonchev–Trinajstić information content (AvgIpc) is 0.807. The second kappa shape index (κ2) is 32.6. The molecule has 6 N–H and O–H groups in total. The molecule has 0 saturated carbocycles. The molecule has 9 aromatic rings. The number of halogens is 2. The van der Waals surface area contributed by atoms with E-state index in [0.29, 0.717) is 36.4 Å². The van der Waals surface area contributed by atoms with Gasteiger partial charge in [-0.05, 0) is 130 Å². The van der Waals surface area contributed by atoms with Crippen LogP contribution < -0.4 is 220 Å².